The van der Waals surface area contributed by atoms with E-state index in [1.165, 1.54) is 4.90 Å². The zero-order chi connectivity index (χ0) is 16.1. The van der Waals surface area contributed by atoms with Gasteiger partial charge in [0.25, 0.3) is 0 Å². The molecule has 5 nitrogen and oxygen atoms in total. The van der Waals surface area contributed by atoms with Crippen LogP contribution in [0.15, 0.2) is 24.3 Å². The van der Waals surface area contributed by atoms with Crippen LogP contribution in [0.4, 0.5) is 0 Å². The van der Waals surface area contributed by atoms with E-state index in [0.29, 0.717) is 19.4 Å². The molecule has 1 saturated heterocycles. The smallest absolute Gasteiger partial charge is 0.326 e. The van der Waals surface area contributed by atoms with Gasteiger partial charge in [-0.05, 0) is 36.8 Å². The maximum absolute atomic E-state index is 12.5. The lowest BCUT2D eigenvalue weighted by atomic mass is 9.94. The number of hydrogen-bond donors (Lipinski definition) is 1. The molecule has 1 N–H and O–H groups in total. The second kappa shape index (κ2) is 7.29. The lowest BCUT2D eigenvalue weighted by Gasteiger charge is -2.33. The summed E-state index contributed by atoms with van der Waals surface area (Å²) in [4.78, 5) is 25.4. The summed E-state index contributed by atoms with van der Waals surface area (Å²) in [6.45, 7) is 2.50. The van der Waals surface area contributed by atoms with E-state index in [1.807, 2.05) is 31.2 Å². The third-order valence-corrected chi connectivity index (χ3v) is 4.26. The molecule has 0 bridgehead atoms. The number of benzene rings is 1. The van der Waals surface area contributed by atoms with Crippen LogP contribution in [0.3, 0.4) is 0 Å². The zero-order valence-corrected chi connectivity index (χ0v) is 13.1. The number of piperidine rings is 1. The topological polar surface area (TPSA) is 66.8 Å². The number of methoxy groups -OCH3 is 1. The van der Waals surface area contributed by atoms with E-state index in [4.69, 9.17) is 4.74 Å². The van der Waals surface area contributed by atoms with Gasteiger partial charge in [0.05, 0.1) is 7.11 Å². The predicted molar refractivity (Wildman–Crippen MR) is 83.0 cm³/mol. The Morgan fingerprint density at radius 3 is 2.77 bits per heavy atom. The number of carbonyl (C=O) groups is 2. The molecule has 0 aliphatic carbocycles. The molecule has 120 valence electrons. The lowest BCUT2D eigenvalue weighted by molar-refractivity contribution is -0.152. The van der Waals surface area contributed by atoms with Crippen LogP contribution in [0, 0.1) is 0 Å². The molecular formula is C17H23NO4. The summed E-state index contributed by atoms with van der Waals surface area (Å²) in [5.74, 6) is -0.250. The lowest BCUT2D eigenvalue weighted by Crippen LogP contribution is -2.48. The van der Waals surface area contributed by atoms with Crippen molar-refractivity contribution in [2.75, 3.05) is 13.7 Å². The summed E-state index contributed by atoms with van der Waals surface area (Å²) in [6, 6.07) is 6.95. The van der Waals surface area contributed by atoms with Gasteiger partial charge in [0, 0.05) is 13.0 Å². The van der Waals surface area contributed by atoms with Gasteiger partial charge in [-0.25, -0.2) is 4.79 Å². The predicted octanol–water partition coefficient (Wildman–Crippen LogP) is 2.65. The van der Waals surface area contributed by atoms with Crippen LogP contribution in [0.25, 0.3) is 0 Å². The second-order valence-electron chi connectivity index (χ2n) is 5.78. The Morgan fingerprint density at radius 2 is 2.09 bits per heavy atom. The highest BCUT2D eigenvalue weighted by atomic mass is 16.5. The first kappa shape index (κ1) is 16.3. The largest absolute Gasteiger partial charge is 0.496 e. The molecule has 1 heterocycles. The van der Waals surface area contributed by atoms with Crippen LogP contribution in [0.1, 0.15) is 44.1 Å². The molecule has 2 rings (SSSR count). The normalized spacial score (nSPS) is 19.5. The molecule has 1 aliphatic heterocycles. The summed E-state index contributed by atoms with van der Waals surface area (Å²) in [5, 5.41) is 9.28. The van der Waals surface area contributed by atoms with Crippen LogP contribution < -0.4 is 4.74 Å². The molecule has 0 aromatic heterocycles. The molecule has 2 atom stereocenters. The van der Waals surface area contributed by atoms with E-state index in [2.05, 4.69) is 0 Å². The number of nitrogens with zero attached hydrogens (tertiary/aromatic N) is 1. The maximum atomic E-state index is 12.5. The minimum atomic E-state index is -0.905. The van der Waals surface area contributed by atoms with E-state index in [9.17, 15) is 14.7 Å². The van der Waals surface area contributed by atoms with Crippen molar-refractivity contribution in [3.8, 4) is 5.75 Å². The highest BCUT2D eigenvalue weighted by Gasteiger charge is 2.32. The third kappa shape index (κ3) is 3.59. The summed E-state index contributed by atoms with van der Waals surface area (Å²) < 4.78 is 5.33. The zero-order valence-electron chi connectivity index (χ0n) is 13.1. The van der Waals surface area contributed by atoms with Gasteiger partial charge in [0.1, 0.15) is 11.8 Å². The van der Waals surface area contributed by atoms with E-state index >= 15 is 0 Å². The van der Waals surface area contributed by atoms with Crippen molar-refractivity contribution < 1.29 is 19.4 Å². The molecule has 1 aromatic carbocycles. The fourth-order valence-corrected chi connectivity index (χ4v) is 3.05. The van der Waals surface area contributed by atoms with Crippen LogP contribution in [-0.2, 0) is 9.59 Å². The number of likely N-dealkylation sites (tertiary alicyclic amines) is 1. The van der Waals surface area contributed by atoms with Crippen LogP contribution in [-0.4, -0.2) is 41.6 Å². The molecule has 0 unspecified atom stereocenters. The van der Waals surface area contributed by atoms with Crippen molar-refractivity contribution in [1.29, 1.82) is 0 Å². The Balaban J connectivity index is 2.08. The molecule has 0 radical (unpaired) electrons. The van der Waals surface area contributed by atoms with E-state index in [-0.39, 0.29) is 11.8 Å². The van der Waals surface area contributed by atoms with Gasteiger partial charge in [-0.3, -0.25) is 4.79 Å². The van der Waals surface area contributed by atoms with Gasteiger partial charge in [0.2, 0.25) is 5.91 Å². The number of hydrogen-bond acceptors (Lipinski definition) is 3. The second-order valence-corrected chi connectivity index (χ2v) is 5.78. The molecular weight excluding hydrogens is 282 g/mol. The average Bonchev–Trinajstić information content (AvgIpc) is 2.54. The first-order chi connectivity index (χ1) is 10.5. The van der Waals surface area contributed by atoms with Crippen molar-refractivity contribution in [3.63, 3.8) is 0 Å². The highest BCUT2D eigenvalue weighted by molar-refractivity contribution is 5.84. The highest BCUT2D eigenvalue weighted by Crippen LogP contribution is 2.30. The number of aliphatic carboxylic acids is 1. The fourth-order valence-electron chi connectivity index (χ4n) is 3.05. The Kier molecular flexibility index (Phi) is 5.41. The van der Waals surface area contributed by atoms with Crippen molar-refractivity contribution in [2.24, 2.45) is 0 Å². The van der Waals surface area contributed by atoms with Gasteiger partial charge in [-0.15, -0.1) is 0 Å². The molecule has 0 saturated carbocycles. The minimum Gasteiger partial charge on any atom is -0.496 e. The summed E-state index contributed by atoms with van der Waals surface area (Å²) in [6.07, 6.45) is 2.58. The van der Waals surface area contributed by atoms with Gasteiger partial charge in [-0.1, -0.05) is 25.1 Å². The number of carboxylic acid groups (broad SMARTS) is 1. The first-order valence-electron chi connectivity index (χ1n) is 7.69. The van der Waals surface area contributed by atoms with Gasteiger partial charge >= 0.3 is 5.97 Å². The molecule has 1 aromatic rings. The number of rotatable bonds is 5. The number of ether oxygens (including phenoxy) is 1. The SMILES string of the molecule is COc1ccccc1[C@@H](C)CC(=O)N1CCCC[C@H]1C(=O)O. The molecule has 5 heteroatoms. The van der Waals surface area contributed by atoms with Gasteiger partial charge in [-0.2, -0.15) is 0 Å². The Labute approximate surface area is 130 Å². The van der Waals surface area contributed by atoms with E-state index in [0.717, 1.165) is 24.2 Å². The Morgan fingerprint density at radius 1 is 1.36 bits per heavy atom. The van der Waals surface area contributed by atoms with Gasteiger partial charge in [0.15, 0.2) is 0 Å². The monoisotopic (exact) mass is 305 g/mol. The molecule has 1 fully saturated rings. The van der Waals surface area contributed by atoms with Crippen LogP contribution in [0.5, 0.6) is 5.75 Å². The number of para-hydroxylation sites is 1. The molecule has 1 aliphatic rings. The summed E-state index contributed by atoms with van der Waals surface area (Å²) in [7, 11) is 1.61. The number of carboxylic acids is 1. The van der Waals surface area contributed by atoms with Crippen molar-refractivity contribution >= 4 is 11.9 Å². The molecule has 1 amide bonds. The Hall–Kier alpha value is -2.04. The maximum Gasteiger partial charge on any atom is 0.326 e. The van der Waals surface area contributed by atoms with Crippen molar-refractivity contribution in [3.05, 3.63) is 29.8 Å². The standard InChI is InChI=1S/C17H23NO4/c1-12(13-7-3-4-9-15(13)22-2)11-16(19)18-10-6-5-8-14(18)17(20)21/h3-4,7,9,12,14H,5-6,8,10-11H2,1-2H3,(H,20,21)/t12-,14-/m0/s1. The van der Waals surface area contributed by atoms with E-state index < -0.39 is 12.0 Å². The first-order valence-corrected chi connectivity index (χ1v) is 7.69. The molecule has 22 heavy (non-hydrogen) atoms. The average molecular weight is 305 g/mol. The fraction of sp³-hybridized carbons (Fsp3) is 0.529. The van der Waals surface area contributed by atoms with Crippen molar-refractivity contribution in [1.82, 2.24) is 4.90 Å². The number of amides is 1. The Bertz CT molecular complexity index is 543. The van der Waals surface area contributed by atoms with Crippen molar-refractivity contribution in [2.45, 2.75) is 44.6 Å². The van der Waals surface area contributed by atoms with Crippen LogP contribution >= 0.6 is 0 Å². The van der Waals surface area contributed by atoms with E-state index in [1.54, 1.807) is 7.11 Å². The quantitative estimate of drug-likeness (QED) is 0.908. The number of carbonyl (C=O) groups excluding carboxylic acids is 1. The summed E-state index contributed by atoms with van der Waals surface area (Å²) in [5.41, 5.74) is 0.974. The third-order valence-electron chi connectivity index (χ3n) is 4.26. The summed E-state index contributed by atoms with van der Waals surface area (Å²) >= 11 is 0. The van der Waals surface area contributed by atoms with Crippen LogP contribution in [0.2, 0.25) is 0 Å². The van der Waals surface area contributed by atoms with Gasteiger partial charge < -0.3 is 14.7 Å². The minimum absolute atomic E-state index is 0.0139. The molecule has 0 spiro atoms.